The number of nitrogens with zero attached hydrogens (tertiary/aromatic N) is 4. The first kappa shape index (κ1) is 22.0. The van der Waals surface area contributed by atoms with Crippen molar-refractivity contribution in [2.75, 3.05) is 0 Å². The van der Waals surface area contributed by atoms with Gasteiger partial charge in [-0.05, 0) is 36.4 Å². The lowest BCUT2D eigenvalue weighted by atomic mass is 10.0. The van der Waals surface area contributed by atoms with Crippen molar-refractivity contribution >= 4 is 21.8 Å². The van der Waals surface area contributed by atoms with Crippen LogP contribution in [0.15, 0.2) is 134 Å². The molecule has 0 aliphatic heterocycles. The van der Waals surface area contributed by atoms with Crippen LogP contribution in [0, 0.1) is 0 Å². The van der Waals surface area contributed by atoms with Gasteiger partial charge in [0.1, 0.15) is 0 Å². The second-order valence-corrected chi connectivity index (χ2v) is 9.19. The van der Waals surface area contributed by atoms with Gasteiger partial charge in [-0.25, -0.2) is 9.97 Å². The normalized spacial score (nSPS) is 11.2. The lowest BCUT2D eigenvalue weighted by molar-refractivity contribution is 1.32. The molecule has 0 radical (unpaired) electrons. The molecule has 7 rings (SSSR count). The van der Waals surface area contributed by atoms with E-state index in [0.29, 0.717) is 0 Å². The van der Waals surface area contributed by atoms with Crippen LogP contribution in [0.3, 0.4) is 0 Å². The molecule has 0 amide bonds. The van der Waals surface area contributed by atoms with Crippen molar-refractivity contribution in [1.82, 2.24) is 19.9 Å². The maximum atomic E-state index is 5.08. The van der Waals surface area contributed by atoms with Gasteiger partial charge in [-0.2, -0.15) is 0 Å². The number of benzene rings is 3. The summed E-state index contributed by atoms with van der Waals surface area (Å²) in [6.07, 6.45) is 3.63. The third kappa shape index (κ3) is 4.08. The predicted molar refractivity (Wildman–Crippen MR) is 154 cm³/mol. The molecule has 4 aromatic heterocycles. The van der Waals surface area contributed by atoms with Crippen LogP contribution < -0.4 is 0 Å². The number of pyridine rings is 4. The minimum Gasteiger partial charge on any atom is -0.256 e. The summed E-state index contributed by atoms with van der Waals surface area (Å²) in [4.78, 5) is 19.1. The molecule has 4 heteroatoms. The van der Waals surface area contributed by atoms with Crippen molar-refractivity contribution in [1.29, 1.82) is 0 Å². The Morgan fingerprint density at radius 3 is 1.05 bits per heavy atom. The van der Waals surface area contributed by atoms with Crippen LogP contribution in [0.2, 0.25) is 0 Å². The molecule has 3 aromatic carbocycles. The minimum atomic E-state index is 0.903. The molecule has 0 atom stereocenters. The molecule has 178 valence electrons. The average Bonchev–Trinajstić information content (AvgIpc) is 3.01. The van der Waals surface area contributed by atoms with Crippen LogP contribution in [0.5, 0.6) is 0 Å². The van der Waals surface area contributed by atoms with E-state index in [9.17, 15) is 0 Å². The van der Waals surface area contributed by atoms with E-state index in [1.54, 1.807) is 0 Å². The van der Waals surface area contributed by atoms with Gasteiger partial charge in [0.15, 0.2) is 0 Å². The van der Waals surface area contributed by atoms with Gasteiger partial charge < -0.3 is 0 Å². The van der Waals surface area contributed by atoms with Crippen molar-refractivity contribution in [2.24, 2.45) is 0 Å². The highest BCUT2D eigenvalue weighted by Gasteiger charge is 2.10. The minimum absolute atomic E-state index is 0.903. The molecule has 38 heavy (non-hydrogen) atoms. The maximum Gasteiger partial charge on any atom is 0.0972 e. The Kier molecular flexibility index (Phi) is 5.41. The van der Waals surface area contributed by atoms with E-state index in [-0.39, 0.29) is 0 Å². The third-order valence-electron chi connectivity index (χ3n) is 6.80. The Bertz CT molecular complexity index is 1740. The summed E-state index contributed by atoms with van der Waals surface area (Å²) in [6, 6.07) is 41.3. The second-order valence-electron chi connectivity index (χ2n) is 9.19. The van der Waals surface area contributed by atoms with E-state index in [0.717, 1.165) is 66.8 Å². The standard InChI is InChI=1S/C34H22N4/c1-3-21-35-29(5-1)23-7-11-25(12-8-23)31-19-17-27-15-16-28-18-20-32(38-34(28)33(27)37-31)26-13-9-24(10-14-26)30-6-2-4-22-36-30/h1-22H. The average molecular weight is 487 g/mol. The molecule has 4 nitrogen and oxygen atoms in total. The quantitative estimate of drug-likeness (QED) is 0.235. The highest BCUT2D eigenvalue weighted by Crippen LogP contribution is 2.30. The Balaban J connectivity index is 1.27. The smallest absolute Gasteiger partial charge is 0.0972 e. The van der Waals surface area contributed by atoms with Crippen LogP contribution in [0.1, 0.15) is 0 Å². The van der Waals surface area contributed by atoms with Gasteiger partial charge in [-0.1, -0.05) is 84.9 Å². The van der Waals surface area contributed by atoms with Gasteiger partial charge in [0.25, 0.3) is 0 Å². The van der Waals surface area contributed by atoms with E-state index < -0.39 is 0 Å². The maximum absolute atomic E-state index is 5.08. The first-order valence-corrected chi connectivity index (χ1v) is 12.6. The highest BCUT2D eigenvalue weighted by atomic mass is 14.8. The SMILES string of the molecule is c1ccc(-c2ccc(-c3ccc4ccc5ccc(-c6ccc(-c7ccccn7)cc6)nc5c4n3)cc2)nc1. The highest BCUT2D eigenvalue weighted by molar-refractivity contribution is 6.04. The molecular weight excluding hydrogens is 464 g/mol. The molecule has 4 heterocycles. The first-order valence-electron chi connectivity index (χ1n) is 12.6. The lowest BCUT2D eigenvalue weighted by Crippen LogP contribution is -1.91. The number of hydrogen-bond donors (Lipinski definition) is 0. The van der Waals surface area contributed by atoms with Crippen molar-refractivity contribution < 1.29 is 0 Å². The summed E-state index contributed by atoms with van der Waals surface area (Å²) >= 11 is 0. The van der Waals surface area contributed by atoms with Crippen molar-refractivity contribution in [3.05, 3.63) is 134 Å². The Hall–Kier alpha value is -5.22. The van der Waals surface area contributed by atoms with E-state index in [1.807, 2.05) is 48.8 Å². The number of aromatic nitrogens is 4. The molecular formula is C34H22N4. The Morgan fingerprint density at radius 2 is 0.684 bits per heavy atom. The Morgan fingerprint density at radius 1 is 0.316 bits per heavy atom. The van der Waals surface area contributed by atoms with Gasteiger partial charge in [0.05, 0.1) is 33.8 Å². The van der Waals surface area contributed by atoms with Gasteiger partial charge >= 0.3 is 0 Å². The Labute approximate surface area is 220 Å². The van der Waals surface area contributed by atoms with Crippen molar-refractivity contribution in [3.63, 3.8) is 0 Å². The number of fused-ring (bicyclic) bond motifs is 3. The fourth-order valence-electron chi connectivity index (χ4n) is 4.78. The number of rotatable bonds is 4. The van der Waals surface area contributed by atoms with Crippen LogP contribution in [-0.2, 0) is 0 Å². The lowest BCUT2D eigenvalue weighted by Gasteiger charge is -2.09. The molecule has 0 N–H and O–H groups in total. The van der Waals surface area contributed by atoms with Crippen LogP contribution in [0.4, 0.5) is 0 Å². The summed E-state index contributed by atoms with van der Waals surface area (Å²) in [7, 11) is 0. The monoisotopic (exact) mass is 486 g/mol. The van der Waals surface area contributed by atoms with Crippen LogP contribution >= 0.6 is 0 Å². The van der Waals surface area contributed by atoms with E-state index in [1.165, 1.54) is 0 Å². The summed E-state index contributed by atoms with van der Waals surface area (Å²) < 4.78 is 0. The summed E-state index contributed by atoms with van der Waals surface area (Å²) in [5, 5.41) is 2.14. The fourth-order valence-corrected chi connectivity index (χ4v) is 4.78. The molecule has 0 saturated carbocycles. The van der Waals surface area contributed by atoms with Crippen molar-refractivity contribution in [2.45, 2.75) is 0 Å². The molecule has 0 spiro atoms. The van der Waals surface area contributed by atoms with Crippen LogP contribution in [-0.4, -0.2) is 19.9 Å². The molecule has 0 saturated heterocycles. The fraction of sp³-hybridized carbons (Fsp3) is 0. The zero-order valence-corrected chi connectivity index (χ0v) is 20.5. The summed E-state index contributed by atoms with van der Waals surface area (Å²) in [5.74, 6) is 0. The summed E-state index contributed by atoms with van der Waals surface area (Å²) in [6.45, 7) is 0. The van der Waals surface area contributed by atoms with E-state index in [2.05, 4.69) is 94.9 Å². The molecule has 7 aromatic rings. The largest absolute Gasteiger partial charge is 0.256 e. The van der Waals surface area contributed by atoms with Crippen LogP contribution in [0.25, 0.3) is 66.8 Å². The third-order valence-corrected chi connectivity index (χ3v) is 6.80. The molecule has 0 unspecified atom stereocenters. The molecule has 0 aliphatic rings. The topological polar surface area (TPSA) is 51.6 Å². The molecule has 0 aliphatic carbocycles. The first-order chi connectivity index (χ1) is 18.8. The van der Waals surface area contributed by atoms with Gasteiger partial charge in [0, 0.05) is 45.4 Å². The van der Waals surface area contributed by atoms with E-state index in [4.69, 9.17) is 9.97 Å². The summed E-state index contributed by atoms with van der Waals surface area (Å²) in [5.41, 5.74) is 9.86. The zero-order chi connectivity index (χ0) is 25.3. The van der Waals surface area contributed by atoms with E-state index >= 15 is 0 Å². The van der Waals surface area contributed by atoms with Crippen molar-refractivity contribution in [3.8, 4) is 45.0 Å². The second kappa shape index (κ2) is 9.34. The zero-order valence-electron chi connectivity index (χ0n) is 20.5. The number of hydrogen-bond acceptors (Lipinski definition) is 4. The predicted octanol–water partition coefficient (Wildman–Crippen LogP) is 8.24. The van der Waals surface area contributed by atoms with Gasteiger partial charge in [-0.15, -0.1) is 0 Å². The molecule has 0 fully saturated rings. The molecule has 0 bridgehead atoms. The van der Waals surface area contributed by atoms with Gasteiger partial charge in [0.2, 0.25) is 0 Å². The van der Waals surface area contributed by atoms with Gasteiger partial charge in [-0.3, -0.25) is 9.97 Å².